The summed E-state index contributed by atoms with van der Waals surface area (Å²) in [5.41, 5.74) is 13.1. The average Bonchev–Trinajstić information content (AvgIpc) is 2.15. The summed E-state index contributed by atoms with van der Waals surface area (Å²) in [6, 6.07) is 5.18. The first-order valence-corrected chi connectivity index (χ1v) is 4.17. The fourth-order valence-electron chi connectivity index (χ4n) is 1.11. The van der Waals surface area contributed by atoms with Crippen LogP contribution in [0.1, 0.15) is 5.56 Å². The van der Waals surface area contributed by atoms with E-state index in [4.69, 9.17) is 16.6 Å². The zero-order valence-electron chi connectivity index (χ0n) is 7.66. The van der Waals surface area contributed by atoms with Gasteiger partial charge in [0, 0.05) is 17.9 Å². The zero-order valence-corrected chi connectivity index (χ0v) is 7.66. The molecule has 0 bridgehead atoms. The molecular weight excluding hydrogens is 182 g/mol. The molecule has 0 saturated heterocycles. The van der Waals surface area contributed by atoms with E-state index in [0.717, 1.165) is 5.56 Å². The van der Waals surface area contributed by atoms with Crippen molar-refractivity contribution >= 4 is 17.3 Å². The Morgan fingerprint density at radius 1 is 1.50 bits per heavy atom. The summed E-state index contributed by atoms with van der Waals surface area (Å²) in [5, 5.41) is 11.2. The molecule has 76 valence electrons. The van der Waals surface area contributed by atoms with Gasteiger partial charge < -0.3 is 21.9 Å². The molecule has 1 rings (SSSR count). The van der Waals surface area contributed by atoms with Crippen molar-refractivity contribution in [1.82, 2.24) is 0 Å². The SMILES string of the molecule is NCc1ccc(N)cc1NCC(=O)O. The second-order valence-corrected chi connectivity index (χ2v) is 2.87. The molecule has 0 unspecified atom stereocenters. The summed E-state index contributed by atoms with van der Waals surface area (Å²) < 4.78 is 0. The first kappa shape index (κ1) is 10.3. The normalized spacial score (nSPS) is 9.79. The smallest absolute Gasteiger partial charge is 0.322 e. The Kier molecular flexibility index (Phi) is 3.30. The molecule has 0 aromatic heterocycles. The molecule has 0 saturated carbocycles. The van der Waals surface area contributed by atoms with E-state index in [-0.39, 0.29) is 6.54 Å². The molecule has 6 N–H and O–H groups in total. The van der Waals surface area contributed by atoms with E-state index >= 15 is 0 Å². The number of aliphatic carboxylic acids is 1. The Balaban J connectivity index is 2.82. The predicted molar refractivity (Wildman–Crippen MR) is 54.9 cm³/mol. The minimum absolute atomic E-state index is 0.142. The Morgan fingerprint density at radius 3 is 2.79 bits per heavy atom. The van der Waals surface area contributed by atoms with Crippen LogP contribution < -0.4 is 16.8 Å². The van der Waals surface area contributed by atoms with E-state index in [0.29, 0.717) is 17.9 Å². The summed E-state index contributed by atoms with van der Waals surface area (Å²) in [5.74, 6) is -0.921. The van der Waals surface area contributed by atoms with Gasteiger partial charge in [0.15, 0.2) is 0 Å². The van der Waals surface area contributed by atoms with Crippen molar-refractivity contribution < 1.29 is 9.90 Å². The highest BCUT2D eigenvalue weighted by Gasteiger charge is 2.02. The van der Waals surface area contributed by atoms with Crippen LogP contribution in [0.5, 0.6) is 0 Å². The van der Waals surface area contributed by atoms with Gasteiger partial charge in [0.2, 0.25) is 0 Å². The lowest BCUT2D eigenvalue weighted by Gasteiger charge is -2.09. The molecule has 0 aliphatic carbocycles. The van der Waals surface area contributed by atoms with Gasteiger partial charge in [-0.15, -0.1) is 0 Å². The van der Waals surface area contributed by atoms with Gasteiger partial charge in [0.05, 0.1) is 0 Å². The van der Waals surface area contributed by atoms with Crippen LogP contribution in [0.15, 0.2) is 18.2 Å². The van der Waals surface area contributed by atoms with Gasteiger partial charge in [0.25, 0.3) is 0 Å². The van der Waals surface area contributed by atoms with Gasteiger partial charge in [-0.3, -0.25) is 4.79 Å². The molecule has 1 aromatic rings. The van der Waals surface area contributed by atoms with Gasteiger partial charge >= 0.3 is 5.97 Å². The lowest BCUT2D eigenvalue weighted by atomic mass is 10.1. The number of carboxylic acid groups (broad SMARTS) is 1. The minimum atomic E-state index is -0.921. The first-order valence-electron chi connectivity index (χ1n) is 4.17. The fraction of sp³-hybridized carbons (Fsp3) is 0.222. The molecule has 1 aromatic carbocycles. The quantitative estimate of drug-likeness (QED) is 0.515. The number of nitrogens with one attached hydrogen (secondary N) is 1. The first-order chi connectivity index (χ1) is 6.63. The second kappa shape index (κ2) is 4.48. The maximum absolute atomic E-state index is 10.3. The second-order valence-electron chi connectivity index (χ2n) is 2.87. The number of hydrogen-bond donors (Lipinski definition) is 4. The third-order valence-corrected chi connectivity index (χ3v) is 1.78. The number of nitrogen functional groups attached to an aromatic ring is 1. The maximum Gasteiger partial charge on any atom is 0.322 e. The Hall–Kier alpha value is -1.75. The topological polar surface area (TPSA) is 101 Å². The minimum Gasteiger partial charge on any atom is -0.480 e. The highest BCUT2D eigenvalue weighted by atomic mass is 16.4. The molecule has 0 amide bonds. The summed E-state index contributed by atoms with van der Waals surface area (Å²) in [6.45, 7) is 0.207. The molecule has 5 nitrogen and oxygen atoms in total. The van der Waals surface area contributed by atoms with Crippen LogP contribution in [0.4, 0.5) is 11.4 Å². The van der Waals surface area contributed by atoms with Crippen molar-refractivity contribution in [3.05, 3.63) is 23.8 Å². The molecule has 0 spiro atoms. The van der Waals surface area contributed by atoms with Crippen LogP contribution >= 0.6 is 0 Å². The monoisotopic (exact) mass is 195 g/mol. The fourth-order valence-corrected chi connectivity index (χ4v) is 1.11. The Morgan fingerprint density at radius 2 is 2.21 bits per heavy atom. The lowest BCUT2D eigenvalue weighted by Crippen LogP contribution is -2.14. The van der Waals surface area contributed by atoms with E-state index in [2.05, 4.69) is 5.32 Å². The predicted octanol–water partition coefficient (Wildman–Crippen LogP) is 0.224. The van der Waals surface area contributed by atoms with Crippen molar-refractivity contribution in [2.24, 2.45) is 5.73 Å². The van der Waals surface area contributed by atoms with Crippen molar-refractivity contribution in [1.29, 1.82) is 0 Å². The maximum atomic E-state index is 10.3. The molecule has 0 radical (unpaired) electrons. The highest BCUT2D eigenvalue weighted by molar-refractivity contribution is 5.74. The van der Waals surface area contributed by atoms with Crippen molar-refractivity contribution in [3.8, 4) is 0 Å². The number of nitrogens with two attached hydrogens (primary N) is 2. The van der Waals surface area contributed by atoms with E-state index in [1.54, 1.807) is 18.2 Å². The number of carbonyl (C=O) groups is 1. The third-order valence-electron chi connectivity index (χ3n) is 1.78. The van der Waals surface area contributed by atoms with Gasteiger partial charge in [-0.05, 0) is 17.7 Å². The number of anilines is 2. The van der Waals surface area contributed by atoms with Crippen LogP contribution in [0.3, 0.4) is 0 Å². The number of carboxylic acids is 1. The largest absolute Gasteiger partial charge is 0.480 e. The third kappa shape index (κ3) is 2.63. The van der Waals surface area contributed by atoms with Crippen molar-refractivity contribution in [2.75, 3.05) is 17.6 Å². The van der Waals surface area contributed by atoms with Crippen LogP contribution in [-0.2, 0) is 11.3 Å². The molecule has 14 heavy (non-hydrogen) atoms. The average molecular weight is 195 g/mol. The standard InChI is InChI=1S/C9H13N3O2/c10-4-6-1-2-7(11)3-8(6)12-5-9(13)14/h1-3,12H,4-5,10-11H2,(H,13,14). The lowest BCUT2D eigenvalue weighted by molar-refractivity contribution is -0.134. The summed E-state index contributed by atoms with van der Waals surface area (Å²) in [7, 11) is 0. The molecule has 0 heterocycles. The van der Waals surface area contributed by atoms with Crippen LogP contribution in [0.2, 0.25) is 0 Å². The Labute approximate surface area is 81.7 Å². The van der Waals surface area contributed by atoms with Crippen molar-refractivity contribution in [2.45, 2.75) is 6.54 Å². The van der Waals surface area contributed by atoms with Crippen LogP contribution in [0, 0.1) is 0 Å². The molecule has 0 atom stereocenters. The number of hydrogen-bond acceptors (Lipinski definition) is 4. The summed E-state index contributed by atoms with van der Waals surface area (Å²) >= 11 is 0. The summed E-state index contributed by atoms with van der Waals surface area (Å²) in [6.07, 6.45) is 0. The molecule has 5 heteroatoms. The summed E-state index contributed by atoms with van der Waals surface area (Å²) in [4.78, 5) is 10.3. The molecule has 0 aliphatic rings. The molecular formula is C9H13N3O2. The number of benzene rings is 1. The van der Waals surface area contributed by atoms with Gasteiger partial charge in [-0.25, -0.2) is 0 Å². The molecule has 0 fully saturated rings. The van der Waals surface area contributed by atoms with Crippen LogP contribution in [-0.4, -0.2) is 17.6 Å². The van der Waals surface area contributed by atoms with E-state index in [1.807, 2.05) is 0 Å². The van der Waals surface area contributed by atoms with Crippen LogP contribution in [0.25, 0.3) is 0 Å². The molecule has 0 aliphatic heterocycles. The van der Waals surface area contributed by atoms with Gasteiger partial charge in [-0.2, -0.15) is 0 Å². The van der Waals surface area contributed by atoms with Crippen molar-refractivity contribution in [3.63, 3.8) is 0 Å². The van der Waals surface area contributed by atoms with E-state index in [9.17, 15) is 4.79 Å². The number of rotatable bonds is 4. The Bertz CT molecular complexity index is 339. The van der Waals surface area contributed by atoms with Gasteiger partial charge in [-0.1, -0.05) is 6.07 Å². The van der Waals surface area contributed by atoms with E-state index in [1.165, 1.54) is 0 Å². The zero-order chi connectivity index (χ0) is 10.6. The van der Waals surface area contributed by atoms with Gasteiger partial charge in [0.1, 0.15) is 6.54 Å². The highest BCUT2D eigenvalue weighted by Crippen LogP contribution is 2.18. The van der Waals surface area contributed by atoms with E-state index < -0.39 is 5.97 Å².